The molecular weight excluding hydrogens is 316 g/mol. The molecule has 1 fully saturated rings. The van der Waals surface area contributed by atoms with Crippen LogP contribution in [0.1, 0.15) is 47.0 Å². The minimum absolute atomic E-state index is 0.0634. The maximum absolute atomic E-state index is 12.6. The highest BCUT2D eigenvalue weighted by atomic mass is 16.5. The molecule has 1 saturated heterocycles. The van der Waals surface area contributed by atoms with Crippen LogP contribution in [0.25, 0.3) is 0 Å². The Bertz CT molecular complexity index is 663. The minimum Gasteiger partial charge on any atom is -0.468 e. The van der Waals surface area contributed by atoms with Crippen LogP contribution in [-0.2, 0) is 11.3 Å². The van der Waals surface area contributed by atoms with E-state index in [1.165, 1.54) is 19.3 Å². The topological polar surface area (TPSA) is 54.7 Å². The number of amides is 1. The molecular formula is C20H26N2O3. The normalized spacial score (nSPS) is 16.5. The summed E-state index contributed by atoms with van der Waals surface area (Å²) in [5.41, 5.74) is 1.65. The predicted octanol–water partition coefficient (Wildman–Crippen LogP) is 3.38. The Kier molecular flexibility index (Phi) is 6.25. The molecule has 1 aromatic heterocycles. The van der Waals surface area contributed by atoms with Gasteiger partial charge in [-0.2, -0.15) is 0 Å². The SMILES string of the molecule is COCc1cccc(C(=O)NCC(c2ccco2)N2CCCCC2)c1. The number of carbonyl (C=O) groups is 1. The second kappa shape index (κ2) is 8.83. The van der Waals surface area contributed by atoms with Crippen LogP contribution in [-0.4, -0.2) is 37.6 Å². The zero-order chi connectivity index (χ0) is 17.5. The predicted molar refractivity (Wildman–Crippen MR) is 96.4 cm³/mol. The Balaban J connectivity index is 1.66. The molecule has 2 heterocycles. The van der Waals surface area contributed by atoms with Gasteiger partial charge in [0.15, 0.2) is 0 Å². The van der Waals surface area contributed by atoms with Crippen molar-refractivity contribution in [1.29, 1.82) is 0 Å². The van der Waals surface area contributed by atoms with Crippen molar-refractivity contribution in [3.8, 4) is 0 Å². The first-order chi connectivity index (χ1) is 12.3. The molecule has 1 amide bonds. The zero-order valence-corrected chi connectivity index (χ0v) is 14.7. The summed E-state index contributed by atoms with van der Waals surface area (Å²) >= 11 is 0. The molecule has 3 rings (SSSR count). The zero-order valence-electron chi connectivity index (χ0n) is 14.7. The molecule has 1 atom stereocenters. The van der Waals surface area contributed by atoms with Crippen LogP contribution in [0.5, 0.6) is 0 Å². The van der Waals surface area contributed by atoms with E-state index in [2.05, 4.69) is 10.2 Å². The van der Waals surface area contributed by atoms with Crippen LogP contribution < -0.4 is 5.32 Å². The number of carbonyl (C=O) groups excluding carboxylic acids is 1. The van der Waals surface area contributed by atoms with Crippen LogP contribution in [0.15, 0.2) is 47.1 Å². The van der Waals surface area contributed by atoms with Gasteiger partial charge < -0.3 is 14.5 Å². The first-order valence-electron chi connectivity index (χ1n) is 8.91. The van der Waals surface area contributed by atoms with Crippen molar-refractivity contribution in [2.24, 2.45) is 0 Å². The second-order valence-electron chi connectivity index (χ2n) is 6.47. The number of hydrogen-bond acceptors (Lipinski definition) is 4. The van der Waals surface area contributed by atoms with Gasteiger partial charge in [0.2, 0.25) is 0 Å². The van der Waals surface area contributed by atoms with Crippen LogP contribution in [0.2, 0.25) is 0 Å². The van der Waals surface area contributed by atoms with Crippen LogP contribution in [0.4, 0.5) is 0 Å². The minimum atomic E-state index is -0.0634. The molecule has 5 nitrogen and oxygen atoms in total. The quantitative estimate of drug-likeness (QED) is 0.838. The summed E-state index contributed by atoms with van der Waals surface area (Å²) < 4.78 is 10.8. The van der Waals surface area contributed by atoms with Crippen molar-refractivity contribution in [3.63, 3.8) is 0 Å². The molecule has 1 aliphatic heterocycles. The highest BCUT2D eigenvalue weighted by molar-refractivity contribution is 5.94. The molecule has 0 radical (unpaired) electrons. The lowest BCUT2D eigenvalue weighted by Gasteiger charge is -2.33. The van der Waals surface area contributed by atoms with Crippen LogP contribution in [0.3, 0.4) is 0 Å². The monoisotopic (exact) mass is 342 g/mol. The molecule has 0 bridgehead atoms. The summed E-state index contributed by atoms with van der Waals surface area (Å²) in [7, 11) is 1.65. The van der Waals surface area contributed by atoms with E-state index in [1.54, 1.807) is 13.4 Å². The van der Waals surface area contributed by atoms with E-state index < -0.39 is 0 Å². The Labute approximate surface area is 149 Å². The van der Waals surface area contributed by atoms with Gasteiger partial charge in [0.25, 0.3) is 5.91 Å². The lowest BCUT2D eigenvalue weighted by Crippen LogP contribution is -2.40. The fourth-order valence-corrected chi connectivity index (χ4v) is 3.38. The van der Waals surface area contributed by atoms with E-state index in [-0.39, 0.29) is 11.9 Å². The maximum Gasteiger partial charge on any atom is 0.251 e. The van der Waals surface area contributed by atoms with Crippen molar-refractivity contribution in [3.05, 3.63) is 59.5 Å². The third-order valence-corrected chi connectivity index (χ3v) is 4.66. The molecule has 1 unspecified atom stereocenters. The fraction of sp³-hybridized carbons (Fsp3) is 0.450. The van der Waals surface area contributed by atoms with Crippen LogP contribution >= 0.6 is 0 Å². The van der Waals surface area contributed by atoms with E-state index >= 15 is 0 Å². The van der Waals surface area contributed by atoms with Crippen molar-refractivity contribution in [2.75, 3.05) is 26.7 Å². The fourth-order valence-electron chi connectivity index (χ4n) is 3.38. The molecule has 2 aromatic rings. The Morgan fingerprint density at radius 3 is 2.80 bits per heavy atom. The number of furan rings is 1. The highest BCUT2D eigenvalue weighted by Gasteiger charge is 2.25. The maximum atomic E-state index is 12.6. The van der Waals surface area contributed by atoms with E-state index in [1.807, 2.05) is 36.4 Å². The Morgan fingerprint density at radius 1 is 1.24 bits per heavy atom. The number of methoxy groups -OCH3 is 1. The number of benzene rings is 1. The number of rotatable bonds is 7. The molecule has 1 aromatic carbocycles. The molecule has 1 aliphatic rings. The van der Waals surface area contributed by atoms with Gasteiger partial charge >= 0.3 is 0 Å². The first kappa shape index (κ1) is 17.7. The van der Waals surface area contributed by atoms with E-state index in [4.69, 9.17) is 9.15 Å². The van der Waals surface area contributed by atoms with E-state index in [0.29, 0.717) is 18.7 Å². The van der Waals surface area contributed by atoms with E-state index in [9.17, 15) is 4.79 Å². The summed E-state index contributed by atoms with van der Waals surface area (Å²) in [6, 6.07) is 11.5. The van der Waals surface area contributed by atoms with Gasteiger partial charge in [0.1, 0.15) is 5.76 Å². The van der Waals surface area contributed by atoms with Crippen molar-refractivity contribution >= 4 is 5.91 Å². The van der Waals surface area contributed by atoms with E-state index in [0.717, 1.165) is 24.4 Å². The van der Waals surface area contributed by atoms with Crippen molar-refractivity contribution in [2.45, 2.75) is 31.9 Å². The highest BCUT2D eigenvalue weighted by Crippen LogP contribution is 2.24. The average molecular weight is 342 g/mol. The van der Waals surface area contributed by atoms with Gasteiger partial charge in [-0.3, -0.25) is 9.69 Å². The standard InChI is InChI=1S/C20H26N2O3/c1-24-15-16-7-5-8-17(13-16)20(23)21-14-18(19-9-6-12-25-19)22-10-3-2-4-11-22/h5-9,12-13,18H,2-4,10-11,14-15H2,1H3,(H,21,23). The lowest BCUT2D eigenvalue weighted by atomic mass is 10.1. The first-order valence-corrected chi connectivity index (χ1v) is 8.91. The summed E-state index contributed by atoms with van der Waals surface area (Å²) in [5, 5.41) is 3.07. The Hall–Kier alpha value is -2.11. The number of nitrogens with zero attached hydrogens (tertiary/aromatic N) is 1. The third kappa shape index (κ3) is 4.71. The number of ether oxygens (including phenoxy) is 1. The molecule has 0 aliphatic carbocycles. The number of hydrogen-bond donors (Lipinski definition) is 1. The second-order valence-corrected chi connectivity index (χ2v) is 6.47. The van der Waals surface area contributed by atoms with Gasteiger partial charge in [-0.05, 0) is 55.8 Å². The molecule has 0 spiro atoms. The van der Waals surface area contributed by atoms with Gasteiger partial charge in [0, 0.05) is 19.2 Å². The van der Waals surface area contributed by atoms with Gasteiger partial charge in [-0.1, -0.05) is 18.6 Å². The van der Waals surface area contributed by atoms with Gasteiger partial charge in [-0.15, -0.1) is 0 Å². The van der Waals surface area contributed by atoms with Gasteiger partial charge in [0.05, 0.1) is 18.9 Å². The number of likely N-dealkylation sites (tertiary alicyclic amines) is 1. The lowest BCUT2D eigenvalue weighted by molar-refractivity contribution is 0.0914. The molecule has 134 valence electrons. The van der Waals surface area contributed by atoms with Gasteiger partial charge in [-0.25, -0.2) is 0 Å². The summed E-state index contributed by atoms with van der Waals surface area (Å²) in [4.78, 5) is 15.0. The smallest absolute Gasteiger partial charge is 0.251 e. The van der Waals surface area contributed by atoms with Crippen molar-refractivity contribution in [1.82, 2.24) is 10.2 Å². The Morgan fingerprint density at radius 2 is 2.08 bits per heavy atom. The number of nitrogens with one attached hydrogen (secondary N) is 1. The molecule has 5 heteroatoms. The van der Waals surface area contributed by atoms with Crippen molar-refractivity contribution < 1.29 is 13.9 Å². The number of piperidine rings is 1. The largest absolute Gasteiger partial charge is 0.468 e. The molecule has 25 heavy (non-hydrogen) atoms. The van der Waals surface area contributed by atoms with Crippen LogP contribution in [0, 0.1) is 0 Å². The molecule has 1 N–H and O–H groups in total. The summed E-state index contributed by atoms with van der Waals surface area (Å²) in [5.74, 6) is 0.849. The summed E-state index contributed by atoms with van der Waals surface area (Å²) in [6.07, 6.45) is 5.37. The third-order valence-electron chi connectivity index (χ3n) is 4.66. The summed E-state index contributed by atoms with van der Waals surface area (Å²) in [6.45, 7) is 3.14. The molecule has 0 saturated carbocycles. The average Bonchev–Trinajstić information content (AvgIpc) is 3.18.